The van der Waals surface area contributed by atoms with Gasteiger partial charge in [-0.1, -0.05) is 29.8 Å². The van der Waals surface area contributed by atoms with Crippen LogP contribution in [-0.4, -0.2) is 30.4 Å². The van der Waals surface area contributed by atoms with Crippen LogP contribution in [0.3, 0.4) is 0 Å². The van der Waals surface area contributed by atoms with E-state index < -0.39 is 0 Å². The second-order valence-electron chi connectivity index (χ2n) is 4.94. The first-order valence-electron chi connectivity index (χ1n) is 4.78. The number of rotatable bonds is 5. The summed E-state index contributed by atoms with van der Waals surface area (Å²) in [4.78, 5) is 2.47. The average molecular weight is 234 g/mol. The van der Waals surface area contributed by atoms with Gasteiger partial charge in [-0.25, -0.2) is 0 Å². The van der Waals surface area contributed by atoms with Crippen molar-refractivity contribution in [1.82, 2.24) is 4.90 Å². The molecule has 0 aromatic carbocycles. The molecule has 0 N–H and O–H groups in total. The summed E-state index contributed by atoms with van der Waals surface area (Å²) in [5, 5.41) is 1.09. The summed E-state index contributed by atoms with van der Waals surface area (Å²) in [6, 6.07) is 0. The lowest BCUT2D eigenvalue weighted by atomic mass is 9.96. The van der Waals surface area contributed by atoms with E-state index in [4.69, 9.17) is 0 Å². The quantitative estimate of drug-likeness (QED) is 0.661. The molecular weight excluding hydrogens is 214 g/mol. The predicted molar refractivity (Wildman–Crippen MR) is 57.8 cm³/mol. The molecule has 0 aromatic rings. The highest BCUT2D eigenvalue weighted by Gasteiger charge is 2.25. The maximum Gasteiger partial charge on any atom is 0.00949 e. The molecule has 0 unspecified atom stereocenters. The minimum absolute atomic E-state index is 0.420. The van der Waals surface area contributed by atoms with Gasteiger partial charge in [-0.05, 0) is 31.2 Å². The molecule has 1 rings (SSSR count). The monoisotopic (exact) mass is 233 g/mol. The van der Waals surface area contributed by atoms with Crippen LogP contribution >= 0.6 is 15.9 Å². The van der Waals surface area contributed by atoms with Crippen LogP contribution in [0.15, 0.2) is 0 Å². The number of hydrogen-bond acceptors (Lipinski definition) is 1. The molecule has 1 nitrogen and oxygen atoms in total. The van der Waals surface area contributed by atoms with Gasteiger partial charge in [0.25, 0.3) is 0 Å². The fraction of sp³-hybridized carbons (Fsp3) is 1.00. The maximum atomic E-state index is 3.55. The predicted octanol–water partition coefficient (Wildman–Crippen LogP) is 2.75. The van der Waals surface area contributed by atoms with E-state index >= 15 is 0 Å². The van der Waals surface area contributed by atoms with Gasteiger partial charge in [0.2, 0.25) is 0 Å². The van der Waals surface area contributed by atoms with Gasteiger partial charge in [0.05, 0.1) is 0 Å². The van der Waals surface area contributed by atoms with E-state index in [1.54, 1.807) is 0 Å². The SMILES string of the molecule is CN(CC1CC1)CC(C)(C)CBr. The zero-order valence-corrected chi connectivity index (χ0v) is 10.0. The van der Waals surface area contributed by atoms with Gasteiger partial charge in [-0.3, -0.25) is 0 Å². The second-order valence-corrected chi connectivity index (χ2v) is 5.50. The Bertz CT molecular complexity index is 141. The minimum atomic E-state index is 0.420. The Hall–Kier alpha value is 0.440. The molecule has 0 saturated heterocycles. The largest absolute Gasteiger partial charge is 0.306 e. The van der Waals surface area contributed by atoms with Crippen molar-refractivity contribution < 1.29 is 0 Å². The van der Waals surface area contributed by atoms with Crippen LogP contribution in [0, 0.1) is 11.3 Å². The molecule has 2 heteroatoms. The fourth-order valence-electron chi connectivity index (χ4n) is 1.58. The van der Waals surface area contributed by atoms with E-state index in [1.807, 2.05) is 0 Å². The lowest BCUT2D eigenvalue weighted by molar-refractivity contribution is 0.225. The Labute approximate surface area is 84.6 Å². The number of halogens is 1. The molecule has 0 spiro atoms. The maximum absolute atomic E-state index is 3.55. The number of alkyl halides is 1. The van der Waals surface area contributed by atoms with Crippen LogP contribution < -0.4 is 0 Å². The topological polar surface area (TPSA) is 3.24 Å². The Morgan fingerprint density at radius 2 is 2.00 bits per heavy atom. The highest BCUT2D eigenvalue weighted by atomic mass is 79.9. The van der Waals surface area contributed by atoms with Crippen molar-refractivity contribution in [3.05, 3.63) is 0 Å². The third kappa shape index (κ3) is 3.90. The molecule has 0 atom stereocenters. The van der Waals surface area contributed by atoms with Crippen LogP contribution in [0.5, 0.6) is 0 Å². The molecule has 0 aliphatic heterocycles. The molecule has 12 heavy (non-hydrogen) atoms. The van der Waals surface area contributed by atoms with Crippen LogP contribution in [0.1, 0.15) is 26.7 Å². The zero-order valence-electron chi connectivity index (χ0n) is 8.44. The van der Waals surface area contributed by atoms with E-state index in [-0.39, 0.29) is 0 Å². The van der Waals surface area contributed by atoms with Crippen molar-refractivity contribution in [2.75, 3.05) is 25.5 Å². The normalized spacial score (nSPS) is 18.8. The van der Waals surface area contributed by atoms with E-state index in [9.17, 15) is 0 Å². The minimum Gasteiger partial charge on any atom is -0.306 e. The van der Waals surface area contributed by atoms with Crippen LogP contribution in [0.25, 0.3) is 0 Å². The van der Waals surface area contributed by atoms with Gasteiger partial charge in [0, 0.05) is 18.4 Å². The summed E-state index contributed by atoms with van der Waals surface area (Å²) in [5.74, 6) is 1.01. The van der Waals surface area contributed by atoms with Gasteiger partial charge < -0.3 is 4.90 Å². The molecule has 0 aromatic heterocycles. The van der Waals surface area contributed by atoms with Crippen molar-refractivity contribution in [2.45, 2.75) is 26.7 Å². The lowest BCUT2D eigenvalue weighted by Gasteiger charge is -2.28. The van der Waals surface area contributed by atoms with Crippen LogP contribution in [0.4, 0.5) is 0 Å². The second kappa shape index (κ2) is 4.10. The number of hydrogen-bond donors (Lipinski definition) is 0. The highest BCUT2D eigenvalue weighted by molar-refractivity contribution is 9.09. The smallest absolute Gasteiger partial charge is 0.00949 e. The standard InChI is InChI=1S/C10H20BrN/c1-10(2,7-11)8-12(3)6-9-4-5-9/h9H,4-8H2,1-3H3. The van der Waals surface area contributed by atoms with Crippen molar-refractivity contribution in [2.24, 2.45) is 11.3 Å². The molecule has 1 saturated carbocycles. The van der Waals surface area contributed by atoms with Crippen molar-refractivity contribution >= 4 is 15.9 Å². The van der Waals surface area contributed by atoms with Crippen molar-refractivity contribution in [1.29, 1.82) is 0 Å². The van der Waals surface area contributed by atoms with Gasteiger partial charge >= 0.3 is 0 Å². The van der Waals surface area contributed by atoms with Crippen LogP contribution in [0.2, 0.25) is 0 Å². The molecule has 1 fully saturated rings. The summed E-state index contributed by atoms with van der Waals surface area (Å²) in [5.41, 5.74) is 0.420. The molecule has 0 heterocycles. The zero-order chi connectivity index (χ0) is 9.19. The van der Waals surface area contributed by atoms with E-state index in [0.29, 0.717) is 5.41 Å². The Morgan fingerprint density at radius 3 is 2.42 bits per heavy atom. The third-order valence-electron chi connectivity index (χ3n) is 2.33. The third-order valence-corrected chi connectivity index (χ3v) is 3.84. The van der Waals surface area contributed by atoms with E-state index in [0.717, 1.165) is 11.2 Å². The average Bonchev–Trinajstić information content (AvgIpc) is 2.70. The van der Waals surface area contributed by atoms with E-state index in [1.165, 1.54) is 25.9 Å². The molecule has 72 valence electrons. The summed E-state index contributed by atoms with van der Waals surface area (Å²) < 4.78 is 0. The molecule has 1 aliphatic rings. The number of nitrogens with zero attached hydrogens (tertiary/aromatic N) is 1. The summed E-state index contributed by atoms with van der Waals surface area (Å²) in [7, 11) is 2.24. The first-order valence-corrected chi connectivity index (χ1v) is 5.90. The van der Waals surface area contributed by atoms with Gasteiger partial charge in [0.1, 0.15) is 0 Å². The highest BCUT2D eigenvalue weighted by Crippen LogP contribution is 2.30. The Balaban J connectivity index is 2.18. The van der Waals surface area contributed by atoms with Gasteiger partial charge in [-0.15, -0.1) is 0 Å². The van der Waals surface area contributed by atoms with Gasteiger partial charge in [0.15, 0.2) is 0 Å². The van der Waals surface area contributed by atoms with Crippen molar-refractivity contribution in [3.8, 4) is 0 Å². The first kappa shape index (κ1) is 10.5. The molecule has 1 aliphatic carbocycles. The fourth-order valence-corrected chi connectivity index (χ4v) is 1.76. The van der Waals surface area contributed by atoms with E-state index in [2.05, 4.69) is 41.7 Å². The molecule has 0 amide bonds. The van der Waals surface area contributed by atoms with Gasteiger partial charge in [-0.2, -0.15) is 0 Å². The summed E-state index contributed by atoms with van der Waals surface area (Å²) >= 11 is 3.55. The lowest BCUT2D eigenvalue weighted by Crippen LogP contribution is -2.33. The Morgan fingerprint density at radius 1 is 1.42 bits per heavy atom. The van der Waals surface area contributed by atoms with Crippen LogP contribution in [-0.2, 0) is 0 Å². The first-order chi connectivity index (χ1) is 5.53. The molecular formula is C10H20BrN. The molecule has 0 bridgehead atoms. The summed E-state index contributed by atoms with van der Waals surface area (Å²) in [6.07, 6.45) is 2.91. The van der Waals surface area contributed by atoms with Crippen molar-refractivity contribution in [3.63, 3.8) is 0 Å². The Kier molecular flexibility index (Phi) is 3.59. The molecule has 0 radical (unpaired) electrons. The summed E-state index contributed by atoms with van der Waals surface area (Å²) in [6.45, 7) is 7.13.